The molecule has 0 spiro atoms. The van der Waals surface area contributed by atoms with Crippen LogP contribution in [0.25, 0.3) is 0 Å². The number of likely N-dealkylation sites (tertiary alicyclic amines) is 1. The number of hydrogen-bond donors (Lipinski definition) is 1. The minimum Gasteiger partial charge on any atom is -0.486 e. The highest BCUT2D eigenvalue weighted by molar-refractivity contribution is 5.79. The fourth-order valence-electron chi connectivity index (χ4n) is 3.21. The van der Waals surface area contributed by atoms with E-state index in [4.69, 9.17) is 9.47 Å². The zero-order chi connectivity index (χ0) is 16.1. The number of carbonyl (C=O) groups excluding carboxylic acids is 1. The smallest absolute Gasteiger partial charge is 0.225 e. The van der Waals surface area contributed by atoms with E-state index in [-0.39, 0.29) is 17.9 Å². The van der Waals surface area contributed by atoms with Crippen molar-refractivity contribution in [2.24, 2.45) is 5.92 Å². The molecule has 0 aromatic carbocycles. The summed E-state index contributed by atoms with van der Waals surface area (Å²) in [6, 6.07) is 3.63. The van der Waals surface area contributed by atoms with Gasteiger partial charge in [-0.1, -0.05) is 0 Å². The Kier molecular flexibility index (Phi) is 5.46. The number of carbonyl (C=O) groups is 1. The molecule has 0 bridgehead atoms. The predicted molar refractivity (Wildman–Crippen MR) is 84.0 cm³/mol. The second kappa shape index (κ2) is 7.75. The van der Waals surface area contributed by atoms with Crippen LogP contribution in [0.4, 0.5) is 0 Å². The van der Waals surface area contributed by atoms with Gasteiger partial charge in [-0.15, -0.1) is 0 Å². The van der Waals surface area contributed by atoms with Crippen LogP contribution in [0.15, 0.2) is 24.5 Å². The molecule has 0 unspecified atom stereocenters. The second-order valence-electron chi connectivity index (χ2n) is 6.20. The number of hydrogen-bond acceptors (Lipinski definition) is 5. The quantitative estimate of drug-likeness (QED) is 0.907. The van der Waals surface area contributed by atoms with Crippen molar-refractivity contribution in [1.29, 1.82) is 0 Å². The van der Waals surface area contributed by atoms with Crippen molar-refractivity contribution in [1.82, 2.24) is 9.88 Å². The van der Waals surface area contributed by atoms with Gasteiger partial charge in [0, 0.05) is 44.8 Å². The molecule has 2 aliphatic heterocycles. The molecule has 3 rings (SSSR count). The standard InChI is InChI=1S/C17H24N2O4/c20-15-3-8-19(17(21)13-5-10-22-11-6-13)9-4-16(15)23-14-2-1-7-18-12-14/h1-2,7,12-13,15-16,20H,3-6,8-11H2/t15-,16-/m0/s1. The summed E-state index contributed by atoms with van der Waals surface area (Å²) >= 11 is 0. The molecule has 3 heterocycles. The fraction of sp³-hybridized carbons (Fsp3) is 0.647. The first-order chi connectivity index (χ1) is 11.2. The lowest BCUT2D eigenvalue weighted by Crippen LogP contribution is -2.39. The number of aromatic nitrogens is 1. The summed E-state index contributed by atoms with van der Waals surface area (Å²) in [5, 5.41) is 10.3. The Bertz CT molecular complexity index is 505. The molecule has 0 saturated carbocycles. The lowest BCUT2D eigenvalue weighted by molar-refractivity contribution is -0.138. The number of amides is 1. The molecule has 2 fully saturated rings. The molecule has 1 amide bonds. The molecule has 0 aliphatic carbocycles. The maximum atomic E-state index is 12.6. The fourth-order valence-corrected chi connectivity index (χ4v) is 3.21. The van der Waals surface area contributed by atoms with Gasteiger partial charge in [-0.25, -0.2) is 0 Å². The highest BCUT2D eigenvalue weighted by Crippen LogP contribution is 2.22. The van der Waals surface area contributed by atoms with E-state index in [2.05, 4.69) is 4.98 Å². The van der Waals surface area contributed by atoms with Crippen molar-refractivity contribution in [3.05, 3.63) is 24.5 Å². The lowest BCUT2D eigenvalue weighted by Gasteiger charge is -2.28. The van der Waals surface area contributed by atoms with Gasteiger partial charge in [-0.2, -0.15) is 0 Å². The molecule has 0 radical (unpaired) electrons. The molecule has 1 aromatic rings. The normalized spacial score (nSPS) is 26.6. The summed E-state index contributed by atoms with van der Waals surface area (Å²) < 4.78 is 11.2. The van der Waals surface area contributed by atoms with Crippen LogP contribution in [0.1, 0.15) is 25.7 Å². The highest BCUT2D eigenvalue weighted by atomic mass is 16.5. The van der Waals surface area contributed by atoms with Gasteiger partial charge in [0.2, 0.25) is 5.91 Å². The zero-order valence-corrected chi connectivity index (χ0v) is 13.3. The third-order valence-corrected chi connectivity index (χ3v) is 4.61. The molecule has 2 aliphatic rings. The average Bonchev–Trinajstić information content (AvgIpc) is 2.78. The number of rotatable bonds is 3. The minimum atomic E-state index is -0.567. The minimum absolute atomic E-state index is 0.0664. The van der Waals surface area contributed by atoms with Crippen molar-refractivity contribution in [2.45, 2.75) is 37.9 Å². The van der Waals surface area contributed by atoms with Gasteiger partial charge in [0.1, 0.15) is 11.9 Å². The molecule has 2 saturated heterocycles. The number of nitrogens with zero attached hydrogens (tertiary/aromatic N) is 2. The maximum absolute atomic E-state index is 12.6. The van der Waals surface area contributed by atoms with Gasteiger partial charge >= 0.3 is 0 Å². The van der Waals surface area contributed by atoms with E-state index in [1.165, 1.54) is 0 Å². The molecular formula is C17H24N2O4. The van der Waals surface area contributed by atoms with E-state index in [0.29, 0.717) is 44.9 Å². The molecule has 23 heavy (non-hydrogen) atoms. The molecule has 1 N–H and O–H groups in total. The predicted octanol–water partition coefficient (Wildman–Crippen LogP) is 1.24. The van der Waals surface area contributed by atoms with Crippen LogP contribution in [-0.4, -0.2) is 59.4 Å². The Morgan fingerprint density at radius 2 is 2.04 bits per heavy atom. The SMILES string of the molecule is O=C(C1CCOCC1)N1CC[C@H](Oc2cccnc2)[C@@H](O)CC1. The first-order valence-corrected chi connectivity index (χ1v) is 8.35. The summed E-state index contributed by atoms with van der Waals surface area (Å²) in [6.07, 6.45) is 5.23. The first-order valence-electron chi connectivity index (χ1n) is 8.35. The van der Waals surface area contributed by atoms with Crippen LogP contribution < -0.4 is 4.74 Å². The van der Waals surface area contributed by atoms with Gasteiger partial charge in [-0.3, -0.25) is 9.78 Å². The number of pyridine rings is 1. The summed E-state index contributed by atoms with van der Waals surface area (Å²) in [4.78, 5) is 18.5. The van der Waals surface area contributed by atoms with Gasteiger partial charge in [0.15, 0.2) is 0 Å². The summed E-state index contributed by atoms with van der Waals surface area (Å²) in [5.74, 6) is 0.917. The van der Waals surface area contributed by atoms with Gasteiger partial charge in [0.25, 0.3) is 0 Å². The molecule has 1 aromatic heterocycles. The van der Waals surface area contributed by atoms with Crippen molar-refractivity contribution >= 4 is 5.91 Å². The average molecular weight is 320 g/mol. The van der Waals surface area contributed by atoms with E-state index >= 15 is 0 Å². The van der Waals surface area contributed by atoms with E-state index in [0.717, 1.165) is 12.8 Å². The number of aliphatic hydroxyl groups is 1. The first kappa shape index (κ1) is 16.2. The van der Waals surface area contributed by atoms with Crippen LogP contribution in [0, 0.1) is 5.92 Å². The number of aliphatic hydroxyl groups excluding tert-OH is 1. The van der Waals surface area contributed by atoms with Crippen LogP contribution in [0.5, 0.6) is 5.75 Å². The Hall–Kier alpha value is -1.66. The Morgan fingerprint density at radius 1 is 1.26 bits per heavy atom. The lowest BCUT2D eigenvalue weighted by atomic mass is 9.98. The largest absolute Gasteiger partial charge is 0.486 e. The van der Waals surface area contributed by atoms with Crippen LogP contribution >= 0.6 is 0 Å². The van der Waals surface area contributed by atoms with Crippen molar-refractivity contribution in [3.63, 3.8) is 0 Å². The maximum Gasteiger partial charge on any atom is 0.225 e. The van der Waals surface area contributed by atoms with Gasteiger partial charge in [-0.05, 0) is 31.4 Å². The van der Waals surface area contributed by atoms with Crippen molar-refractivity contribution in [3.8, 4) is 5.75 Å². The third kappa shape index (κ3) is 4.20. The van der Waals surface area contributed by atoms with Gasteiger partial charge < -0.3 is 19.5 Å². The zero-order valence-electron chi connectivity index (χ0n) is 13.3. The molecule has 6 heteroatoms. The summed E-state index contributed by atoms with van der Waals surface area (Å²) in [7, 11) is 0. The van der Waals surface area contributed by atoms with Crippen LogP contribution in [0.3, 0.4) is 0 Å². The van der Waals surface area contributed by atoms with Crippen LogP contribution in [-0.2, 0) is 9.53 Å². The van der Waals surface area contributed by atoms with Crippen LogP contribution in [0.2, 0.25) is 0 Å². The van der Waals surface area contributed by atoms with E-state index in [9.17, 15) is 9.90 Å². The molecule has 6 nitrogen and oxygen atoms in total. The monoisotopic (exact) mass is 320 g/mol. The summed E-state index contributed by atoms with van der Waals surface area (Å²) in [6.45, 7) is 2.54. The van der Waals surface area contributed by atoms with Crippen molar-refractivity contribution < 1.29 is 19.4 Å². The van der Waals surface area contributed by atoms with Gasteiger partial charge in [0.05, 0.1) is 12.3 Å². The molecule has 2 atom stereocenters. The summed E-state index contributed by atoms with van der Waals surface area (Å²) in [5.41, 5.74) is 0. The van der Waals surface area contributed by atoms with E-state index < -0.39 is 6.10 Å². The highest BCUT2D eigenvalue weighted by Gasteiger charge is 2.31. The molecule has 126 valence electrons. The number of ether oxygens (including phenoxy) is 2. The topological polar surface area (TPSA) is 71.9 Å². The van der Waals surface area contributed by atoms with Crippen molar-refractivity contribution in [2.75, 3.05) is 26.3 Å². The second-order valence-corrected chi connectivity index (χ2v) is 6.20. The Balaban J connectivity index is 1.58. The Morgan fingerprint density at radius 3 is 2.78 bits per heavy atom. The van der Waals surface area contributed by atoms with E-state index in [1.54, 1.807) is 18.5 Å². The third-order valence-electron chi connectivity index (χ3n) is 4.61. The molecular weight excluding hydrogens is 296 g/mol. The Labute approximate surface area is 136 Å². The van der Waals surface area contributed by atoms with E-state index in [1.807, 2.05) is 11.0 Å².